The standard InChI is InChI=1S/C21H30BrN3O3Si/c1-29(2,3)13-12-27-16-24-14-19(22)23-20(24)18-10-7-11-25(18)21(26)28-15-17-8-5-4-6-9-17/h4-6,8-9,14,18H,7,10-13,15-16H2,1-3H3/t18-/m0/s1. The summed E-state index contributed by atoms with van der Waals surface area (Å²) in [6, 6.07) is 10.8. The maximum absolute atomic E-state index is 12.7. The highest BCUT2D eigenvalue weighted by molar-refractivity contribution is 9.10. The van der Waals surface area contributed by atoms with Crippen molar-refractivity contribution in [1.29, 1.82) is 0 Å². The number of hydrogen-bond donors (Lipinski definition) is 0. The van der Waals surface area contributed by atoms with Gasteiger partial charge in [-0.2, -0.15) is 0 Å². The molecule has 0 saturated carbocycles. The van der Waals surface area contributed by atoms with Gasteiger partial charge in [0.15, 0.2) is 0 Å². The van der Waals surface area contributed by atoms with Crippen LogP contribution in [0.4, 0.5) is 4.79 Å². The number of amides is 1. The van der Waals surface area contributed by atoms with E-state index in [2.05, 4.69) is 40.6 Å². The fraction of sp³-hybridized carbons (Fsp3) is 0.524. The quantitative estimate of drug-likeness (QED) is 0.373. The average Bonchev–Trinajstić information content (AvgIpc) is 3.29. The molecule has 1 aliphatic rings. The molecule has 0 radical (unpaired) electrons. The fourth-order valence-corrected chi connectivity index (χ4v) is 4.55. The third-order valence-corrected chi connectivity index (χ3v) is 7.08. The summed E-state index contributed by atoms with van der Waals surface area (Å²) in [4.78, 5) is 19.1. The molecule has 3 rings (SSSR count). The number of halogens is 1. The smallest absolute Gasteiger partial charge is 0.410 e. The molecular weight excluding hydrogens is 450 g/mol. The van der Waals surface area contributed by atoms with Gasteiger partial charge in [-0.3, -0.25) is 4.90 Å². The van der Waals surface area contributed by atoms with Crippen molar-refractivity contribution in [2.75, 3.05) is 13.2 Å². The zero-order valence-electron chi connectivity index (χ0n) is 17.4. The van der Waals surface area contributed by atoms with Crippen LogP contribution in [0.15, 0.2) is 41.1 Å². The molecule has 6 nitrogen and oxygen atoms in total. The molecule has 0 aliphatic carbocycles. The Morgan fingerprint density at radius 1 is 1.28 bits per heavy atom. The molecule has 1 saturated heterocycles. The minimum absolute atomic E-state index is 0.0924. The highest BCUT2D eigenvalue weighted by atomic mass is 79.9. The van der Waals surface area contributed by atoms with Crippen LogP contribution in [0, 0.1) is 0 Å². The van der Waals surface area contributed by atoms with E-state index in [0.717, 1.165) is 41.5 Å². The SMILES string of the molecule is C[Si](C)(C)CCOCn1cc(Br)nc1[C@@H]1CCCN1C(=O)OCc1ccccc1. The first-order valence-electron chi connectivity index (χ1n) is 10.1. The van der Waals surface area contributed by atoms with Gasteiger partial charge in [0.25, 0.3) is 0 Å². The van der Waals surface area contributed by atoms with Crippen molar-refractivity contribution in [3.8, 4) is 0 Å². The largest absolute Gasteiger partial charge is 0.445 e. The molecular formula is C21H30BrN3O3Si. The maximum atomic E-state index is 12.7. The van der Waals surface area contributed by atoms with Crippen molar-refractivity contribution < 1.29 is 14.3 Å². The van der Waals surface area contributed by atoms with Gasteiger partial charge in [0.1, 0.15) is 23.8 Å². The molecule has 158 valence electrons. The van der Waals surface area contributed by atoms with Crippen LogP contribution in [0.3, 0.4) is 0 Å². The zero-order valence-corrected chi connectivity index (χ0v) is 20.0. The molecule has 2 aromatic rings. The zero-order chi connectivity index (χ0) is 20.9. The number of ether oxygens (including phenoxy) is 2. The van der Waals surface area contributed by atoms with E-state index in [-0.39, 0.29) is 18.7 Å². The Morgan fingerprint density at radius 3 is 2.76 bits per heavy atom. The van der Waals surface area contributed by atoms with E-state index < -0.39 is 8.07 Å². The van der Waals surface area contributed by atoms with Crippen LogP contribution < -0.4 is 0 Å². The molecule has 1 fully saturated rings. The molecule has 2 heterocycles. The van der Waals surface area contributed by atoms with E-state index in [9.17, 15) is 4.79 Å². The van der Waals surface area contributed by atoms with Gasteiger partial charge in [0, 0.05) is 27.4 Å². The summed E-state index contributed by atoms with van der Waals surface area (Å²) in [5.74, 6) is 0.846. The van der Waals surface area contributed by atoms with E-state index in [4.69, 9.17) is 9.47 Å². The number of likely N-dealkylation sites (tertiary alicyclic amines) is 1. The van der Waals surface area contributed by atoms with Gasteiger partial charge in [-0.25, -0.2) is 9.78 Å². The summed E-state index contributed by atoms with van der Waals surface area (Å²) in [7, 11) is -1.12. The molecule has 0 bridgehead atoms. The summed E-state index contributed by atoms with van der Waals surface area (Å²) in [5, 5.41) is 0. The molecule has 1 aliphatic heterocycles. The Bertz CT molecular complexity index is 807. The topological polar surface area (TPSA) is 56.6 Å². The number of imidazole rings is 1. The molecule has 29 heavy (non-hydrogen) atoms. The summed E-state index contributed by atoms with van der Waals surface area (Å²) in [5.41, 5.74) is 0.983. The minimum atomic E-state index is -1.12. The number of hydrogen-bond acceptors (Lipinski definition) is 4. The second-order valence-corrected chi connectivity index (χ2v) is 15.1. The van der Waals surface area contributed by atoms with Crippen LogP contribution in [0.1, 0.15) is 30.3 Å². The van der Waals surface area contributed by atoms with Crippen LogP contribution in [-0.2, 0) is 22.8 Å². The lowest BCUT2D eigenvalue weighted by molar-refractivity contribution is 0.0743. The van der Waals surface area contributed by atoms with Crippen LogP contribution >= 0.6 is 15.9 Å². The fourth-order valence-electron chi connectivity index (χ4n) is 3.36. The molecule has 1 atom stereocenters. The lowest BCUT2D eigenvalue weighted by Gasteiger charge is -2.24. The molecule has 1 amide bonds. The number of nitrogens with zero attached hydrogens (tertiary/aromatic N) is 3. The van der Waals surface area contributed by atoms with Crippen LogP contribution in [0.5, 0.6) is 0 Å². The van der Waals surface area contributed by atoms with E-state index in [1.807, 2.05) is 41.1 Å². The van der Waals surface area contributed by atoms with Crippen molar-refractivity contribution in [3.05, 3.63) is 52.5 Å². The van der Waals surface area contributed by atoms with Crippen LogP contribution in [0.25, 0.3) is 0 Å². The van der Waals surface area contributed by atoms with E-state index >= 15 is 0 Å². The third kappa shape index (κ3) is 6.42. The molecule has 0 N–H and O–H groups in total. The number of carbonyl (C=O) groups is 1. The van der Waals surface area contributed by atoms with E-state index in [1.165, 1.54) is 0 Å². The second-order valence-electron chi connectivity index (χ2n) is 8.63. The molecule has 1 aromatic carbocycles. The van der Waals surface area contributed by atoms with Crippen LogP contribution in [0.2, 0.25) is 25.7 Å². The first-order valence-corrected chi connectivity index (χ1v) is 14.6. The number of carbonyl (C=O) groups excluding carboxylic acids is 1. The van der Waals surface area contributed by atoms with E-state index in [0.29, 0.717) is 13.3 Å². The Kier molecular flexibility index (Phi) is 7.53. The Labute approximate surface area is 182 Å². The van der Waals surface area contributed by atoms with Crippen molar-refractivity contribution in [3.63, 3.8) is 0 Å². The number of rotatable bonds is 8. The third-order valence-electron chi connectivity index (χ3n) is 5.00. The Balaban J connectivity index is 1.62. The minimum Gasteiger partial charge on any atom is -0.445 e. The van der Waals surface area contributed by atoms with Gasteiger partial charge in [0.2, 0.25) is 0 Å². The van der Waals surface area contributed by atoms with Gasteiger partial charge in [0.05, 0.1) is 6.04 Å². The number of benzene rings is 1. The van der Waals surface area contributed by atoms with Gasteiger partial charge in [-0.05, 0) is 40.4 Å². The van der Waals surface area contributed by atoms with Gasteiger partial charge in [-0.15, -0.1) is 0 Å². The van der Waals surface area contributed by atoms with Gasteiger partial charge >= 0.3 is 6.09 Å². The van der Waals surface area contributed by atoms with Crippen molar-refractivity contribution in [2.45, 2.75) is 57.9 Å². The van der Waals surface area contributed by atoms with Crippen molar-refractivity contribution >= 4 is 30.1 Å². The Hall–Kier alpha value is -1.64. The van der Waals surface area contributed by atoms with Gasteiger partial charge < -0.3 is 14.0 Å². The van der Waals surface area contributed by atoms with Crippen molar-refractivity contribution in [2.24, 2.45) is 0 Å². The van der Waals surface area contributed by atoms with Crippen molar-refractivity contribution in [1.82, 2.24) is 14.5 Å². The summed E-state index contributed by atoms with van der Waals surface area (Å²) in [6.45, 7) is 9.17. The Morgan fingerprint density at radius 2 is 2.03 bits per heavy atom. The summed E-state index contributed by atoms with van der Waals surface area (Å²) < 4.78 is 14.2. The molecule has 8 heteroatoms. The van der Waals surface area contributed by atoms with Gasteiger partial charge in [-0.1, -0.05) is 50.0 Å². The first-order chi connectivity index (χ1) is 13.8. The molecule has 1 aromatic heterocycles. The average molecular weight is 480 g/mol. The summed E-state index contributed by atoms with van der Waals surface area (Å²) in [6.07, 6.45) is 3.45. The monoisotopic (exact) mass is 479 g/mol. The van der Waals surface area contributed by atoms with E-state index in [1.54, 1.807) is 4.90 Å². The highest BCUT2D eigenvalue weighted by Crippen LogP contribution is 2.33. The lowest BCUT2D eigenvalue weighted by Crippen LogP contribution is -2.32. The normalized spacial score (nSPS) is 17.0. The predicted molar refractivity (Wildman–Crippen MR) is 119 cm³/mol. The maximum Gasteiger partial charge on any atom is 0.410 e. The highest BCUT2D eigenvalue weighted by Gasteiger charge is 2.34. The first kappa shape index (κ1) is 22.1. The summed E-state index contributed by atoms with van der Waals surface area (Å²) >= 11 is 3.47. The lowest BCUT2D eigenvalue weighted by atomic mass is 10.2. The second kappa shape index (κ2) is 9.91. The number of aromatic nitrogens is 2. The molecule has 0 spiro atoms. The predicted octanol–water partition coefficient (Wildman–Crippen LogP) is 5.43. The van der Waals surface area contributed by atoms with Crippen LogP contribution in [-0.4, -0.2) is 41.8 Å². The molecule has 0 unspecified atom stereocenters.